The molecule has 1 unspecified atom stereocenters. The van der Waals surface area contributed by atoms with Crippen molar-refractivity contribution in [2.24, 2.45) is 5.92 Å². The van der Waals surface area contributed by atoms with E-state index in [1.54, 1.807) is 0 Å². The molecular weight excluding hydrogens is 194 g/mol. The first-order chi connectivity index (χ1) is 7.69. The van der Waals surface area contributed by atoms with E-state index >= 15 is 0 Å². The molecular formula is C15H25N. The van der Waals surface area contributed by atoms with Gasteiger partial charge in [0.2, 0.25) is 0 Å². The first-order valence-corrected chi connectivity index (χ1v) is 6.02. The van der Waals surface area contributed by atoms with Gasteiger partial charge in [0.05, 0.1) is 0 Å². The summed E-state index contributed by atoms with van der Waals surface area (Å²) in [5, 5.41) is 0. The van der Waals surface area contributed by atoms with Crippen LogP contribution < -0.4 is 0 Å². The molecule has 16 heavy (non-hydrogen) atoms. The topological polar surface area (TPSA) is 3.24 Å². The Morgan fingerprint density at radius 2 is 2.06 bits per heavy atom. The van der Waals surface area contributed by atoms with Crippen molar-refractivity contribution in [2.45, 2.75) is 27.2 Å². The Labute approximate surface area is 101 Å². The van der Waals surface area contributed by atoms with E-state index in [0.29, 0.717) is 5.92 Å². The van der Waals surface area contributed by atoms with Crippen LogP contribution in [0.25, 0.3) is 0 Å². The molecule has 0 saturated carbocycles. The molecule has 0 aliphatic carbocycles. The lowest BCUT2D eigenvalue weighted by Gasteiger charge is -2.25. The van der Waals surface area contributed by atoms with Crippen LogP contribution in [-0.2, 0) is 0 Å². The minimum absolute atomic E-state index is 0.579. The summed E-state index contributed by atoms with van der Waals surface area (Å²) in [7, 11) is 0. The van der Waals surface area contributed by atoms with Crippen molar-refractivity contribution in [2.75, 3.05) is 13.1 Å². The Morgan fingerprint density at radius 3 is 2.50 bits per heavy atom. The standard InChI is InChI=1S/C15H25N/c1-6-10-11-15(8-3)16(9-4)13-12-14(5)7-2/h6-8,10-11,14H,1-2,9,12-13H2,3-5H3/b11-10-,15-8+. The lowest BCUT2D eigenvalue weighted by atomic mass is 10.1. The van der Waals surface area contributed by atoms with Gasteiger partial charge in [-0.25, -0.2) is 0 Å². The second kappa shape index (κ2) is 9.02. The number of nitrogens with zero attached hydrogens (tertiary/aromatic N) is 1. The molecule has 0 aromatic rings. The third kappa shape index (κ3) is 5.59. The van der Waals surface area contributed by atoms with E-state index in [0.717, 1.165) is 19.5 Å². The fourth-order valence-electron chi connectivity index (χ4n) is 1.50. The Balaban J connectivity index is 4.39. The van der Waals surface area contributed by atoms with Crippen LogP contribution in [0.1, 0.15) is 27.2 Å². The Hall–Kier alpha value is -1.24. The predicted octanol–water partition coefficient (Wildman–Crippen LogP) is 4.17. The molecule has 0 aliphatic heterocycles. The van der Waals surface area contributed by atoms with Gasteiger partial charge in [-0.05, 0) is 32.3 Å². The molecule has 0 amide bonds. The molecule has 0 fully saturated rings. The van der Waals surface area contributed by atoms with Gasteiger partial charge in [-0.3, -0.25) is 0 Å². The van der Waals surface area contributed by atoms with Crippen molar-refractivity contribution < 1.29 is 0 Å². The van der Waals surface area contributed by atoms with Crippen LogP contribution in [-0.4, -0.2) is 18.0 Å². The van der Waals surface area contributed by atoms with Gasteiger partial charge in [0.1, 0.15) is 0 Å². The number of allylic oxidation sites excluding steroid dienone is 5. The molecule has 0 heterocycles. The molecule has 0 aromatic heterocycles. The van der Waals surface area contributed by atoms with Crippen molar-refractivity contribution >= 4 is 0 Å². The monoisotopic (exact) mass is 219 g/mol. The van der Waals surface area contributed by atoms with Crippen LogP contribution in [0.3, 0.4) is 0 Å². The van der Waals surface area contributed by atoms with E-state index in [9.17, 15) is 0 Å². The first-order valence-electron chi connectivity index (χ1n) is 6.02. The molecule has 0 aromatic carbocycles. The molecule has 90 valence electrons. The smallest absolute Gasteiger partial charge is 0.0322 e. The van der Waals surface area contributed by atoms with Gasteiger partial charge < -0.3 is 4.90 Å². The molecule has 0 aliphatic rings. The van der Waals surface area contributed by atoms with Crippen LogP contribution in [0, 0.1) is 5.92 Å². The highest BCUT2D eigenvalue weighted by atomic mass is 15.1. The van der Waals surface area contributed by atoms with Gasteiger partial charge in [-0.15, -0.1) is 6.58 Å². The maximum absolute atomic E-state index is 3.82. The van der Waals surface area contributed by atoms with Gasteiger partial charge in [-0.1, -0.05) is 37.8 Å². The highest BCUT2D eigenvalue weighted by molar-refractivity contribution is 5.20. The maximum atomic E-state index is 3.82. The van der Waals surface area contributed by atoms with Gasteiger partial charge in [0, 0.05) is 18.8 Å². The van der Waals surface area contributed by atoms with Gasteiger partial charge in [0.15, 0.2) is 0 Å². The first kappa shape index (κ1) is 14.8. The molecule has 0 rings (SSSR count). The lowest BCUT2D eigenvalue weighted by Crippen LogP contribution is -2.24. The van der Waals surface area contributed by atoms with Crippen molar-refractivity contribution in [1.29, 1.82) is 0 Å². The quantitative estimate of drug-likeness (QED) is 0.437. The maximum Gasteiger partial charge on any atom is 0.0322 e. The summed E-state index contributed by atoms with van der Waals surface area (Å²) in [5.74, 6) is 0.579. The third-order valence-electron chi connectivity index (χ3n) is 2.70. The lowest BCUT2D eigenvalue weighted by molar-refractivity contribution is 0.350. The average Bonchev–Trinajstić information content (AvgIpc) is 2.32. The summed E-state index contributed by atoms with van der Waals surface area (Å²) in [6, 6.07) is 0. The fourth-order valence-corrected chi connectivity index (χ4v) is 1.50. The van der Waals surface area contributed by atoms with Crippen LogP contribution in [0.15, 0.2) is 49.2 Å². The van der Waals surface area contributed by atoms with Crippen LogP contribution in [0.2, 0.25) is 0 Å². The predicted molar refractivity (Wildman–Crippen MR) is 74.3 cm³/mol. The number of likely N-dealkylation sites (N-methyl/N-ethyl adjacent to an activating group) is 1. The minimum Gasteiger partial charge on any atom is -0.372 e. The van der Waals surface area contributed by atoms with E-state index in [-0.39, 0.29) is 0 Å². The van der Waals surface area contributed by atoms with E-state index in [4.69, 9.17) is 0 Å². The molecule has 0 spiro atoms. The van der Waals surface area contributed by atoms with Crippen LogP contribution >= 0.6 is 0 Å². The summed E-state index contributed by atoms with van der Waals surface area (Å²) in [4.78, 5) is 2.38. The normalized spacial score (nSPS) is 13.8. The summed E-state index contributed by atoms with van der Waals surface area (Å²) in [6.45, 7) is 16.1. The highest BCUT2D eigenvalue weighted by Crippen LogP contribution is 2.11. The van der Waals surface area contributed by atoms with Crippen molar-refractivity contribution in [1.82, 2.24) is 4.90 Å². The second-order valence-corrected chi connectivity index (χ2v) is 3.89. The van der Waals surface area contributed by atoms with E-state index < -0.39 is 0 Å². The van der Waals surface area contributed by atoms with Crippen LogP contribution in [0.4, 0.5) is 0 Å². The number of rotatable bonds is 8. The molecule has 0 N–H and O–H groups in total. The van der Waals surface area contributed by atoms with E-state index in [1.165, 1.54) is 5.70 Å². The van der Waals surface area contributed by atoms with Crippen molar-refractivity contribution in [3.8, 4) is 0 Å². The molecule has 0 saturated heterocycles. The summed E-state index contributed by atoms with van der Waals surface area (Å²) in [6.07, 6.45) is 11.2. The zero-order valence-electron chi connectivity index (χ0n) is 10.9. The fraction of sp³-hybridized carbons (Fsp3) is 0.467. The van der Waals surface area contributed by atoms with Gasteiger partial charge >= 0.3 is 0 Å². The SMILES string of the molecule is C=C/C=C\C(=C/C)N(CC)CCC(C)C=C. The van der Waals surface area contributed by atoms with E-state index in [1.807, 2.05) is 18.2 Å². The zero-order valence-corrected chi connectivity index (χ0v) is 10.9. The van der Waals surface area contributed by atoms with Gasteiger partial charge in [-0.2, -0.15) is 0 Å². The van der Waals surface area contributed by atoms with Crippen molar-refractivity contribution in [3.05, 3.63) is 49.2 Å². The number of hydrogen-bond donors (Lipinski definition) is 0. The van der Waals surface area contributed by atoms with Crippen LogP contribution in [0.5, 0.6) is 0 Å². The molecule has 1 heteroatoms. The molecule has 1 nitrogen and oxygen atoms in total. The number of hydrogen-bond acceptors (Lipinski definition) is 1. The van der Waals surface area contributed by atoms with Crippen molar-refractivity contribution in [3.63, 3.8) is 0 Å². The summed E-state index contributed by atoms with van der Waals surface area (Å²) in [5.41, 5.74) is 1.26. The van der Waals surface area contributed by atoms with Gasteiger partial charge in [0.25, 0.3) is 0 Å². The minimum atomic E-state index is 0.579. The Bertz CT molecular complexity index is 261. The summed E-state index contributed by atoms with van der Waals surface area (Å²) >= 11 is 0. The zero-order chi connectivity index (χ0) is 12.4. The Morgan fingerprint density at radius 1 is 1.38 bits per heavy atom. The largest absolute Gasteiger partial charge is 0.372 e. The average molecular weight is 219 g/mol. The molecule has 0 bridgehead atoms. The second-order valence-electron chi connectivity index (χ2n) is 3.89. The highest BCUT2D eigenvalue weighted by Gasteiger charge is 2.05. The Kier molecular flexibility index (Phi) is 8.32. The third-order valence-corrected chi connectivity index (χ3v) is 2.70. The molecule has 0 radical (unpaired) electrons. The molecule has 1 atom stereocenters. The summed E-state index contributed by atoms with van der Waals surface area (Å²) < 4.78 is 0. The van der Waals surface area contributed by atoms with E-state index in [2.05, 4.69) is 51.0 Å².